The minimum Gasteiger partial charge on any atom is -0.366 e. The molecule has 0 aliphatic carbocycles. The van der Waals surface area contributed by atoms with Gasteiger partial charge in [0.2, 0.25) is 0 Å². The number of hydrogen-bond acceptors (Lipinski definition) is 2. The number of aromatic nitrogens is 1. The standard InChI is InChI=1S/C7H8ClFN2/c8-3-5-11-7-6(9)2-1-4-10-7/h1-2,4H,3,5H2,(H,10,11). The Bertz CT molecular complexity index is 229. The van der Waals surface area contributed by atoms with Crippen molar-refractivity contribution in [2.45, 2.75) is 0 Å². The Hall–Kier alpha value is -0.830. The summed E-state index contributed by atoms with van der Waals surface area (Å²) >= 11 is 5.39. The van der Waals surface area contributed by atoms with Crippen molar-refractivity contribution in [3.05, 3.63) is 24.1 Å². The lowest BCUT2D eigenvalue weighted by atomic mass is 10.4. The topological polar surface area (TPSA) is 24.9 Å². The fourth-order valence-electron chi connectivity index (χ4n) is 0.681. The maximum atomic E-state index is 12.7. The van der Waals surface area contributed by atoms with Gasteiger partial charge in [-0.25, -0.2) is 9.37 Å². The van der Waals surface area contributed by atoms with Gasteiger partial charge in [-0.2, -0.15) is 0 Å². The zero-order valence-corrected chi connectivity index (χ0v) is 6.61. The van der Waals surface area contributed by atoms with E-state index in [9.17, 15) is 4.39 Å². The van der Waals surface area contributed by atoms with Crippen molar-refractivity contribution in [3.8, 4) is 0 Å². The molecule has 1 aromatic rings. The van der Waals surface area contributed by atoms with E-state index in [0.29, 0.717) is 12.4 Å². The first-order valence-corrected chi connectivity index (χ1v) is 3.78. The van der Waals surface area contributed by atoms with Gasteiger partial charge in [0.1, 0.15) is 0 Å². The molecule has 4 heteroatoms. The molecule has 0 radical (unpaired) electrons. The van der Waals surface area contributed by atoms with Gasteiger partial charge >= 0.3 is 0 Å². The second-order valence-corrected chi connectivity index (χ2v) is 2.33. The van der Waals surface area contributed by atoms with Gasteiger partial charge in [-0.1, -0.05) is 0 Å². The van der Waals surface area contributed by atoms with E-state index in [2.05, 4.69) is 10.3 Å². The van der Waals surface area contributed by atoms with Crippen LogP contribution in [0.5, 0.6) is 0 Å². The molecule has 0 unspecified atom stereocenters. The van der Waals surface area contributed by atoms with Crippen LogP contribution in [0.2, 0.25) is 0 Å². The lowest BCUT2D eigenvalue weighted by Gasteiger charge is -2.02. The number of nitrogens with zero attached hydrogens (tertiary/aromatic N) is 1. The number of hydrogen-bond donors (Lipinski definition) is 1. The highest BCUT2D eigenvalue weighted by atomic mass is 35.5. The summed E-state index contributed by atoms with van der Waals surface area (Å²) in [5.41, 5.74) is 0. The van der Waals surface area contributed by atoms with Crippen LogP contribution in [0.3, 0.4) is 0 Å². The highest BCUT2D eigenvalue weighted by Crippen LogP contribution is 2.07. The van der Waals surface area contributed by atoms with Crippen LogP contribution in [-0.2, 0) is 0 Å². The van der Waals surface area contributed by atoms with E-state index in [0.717, 1.165) is 0 Å². The third kappa shape index (κ3) is 2.35. The molecule has 0 saturated carbocycles. The van der Waals surface area contributed by atoms with Crippen molar-refractivity contribution < 1.29 is 4.39 Å². The Morgan fingerprint density at radius 1 is 1.64 bits per heavy atom. The van der Waals surface area contributed by atoms with E-state index in [1.54, 1.807) is 6.07 Å². The molecule has 0 aromatic carbocycles. The first-order valence-electron chi connectivity index (χ1n) is 3.25. The van der Waals surface area contributed by atoms with Gasteiger partial charge in [0.05, 0.1) is 0 Å². The summed E-state index contributed by atoms with van der Waals surface area (Å²) in [4.78, 5) is 3.77. The van der Waals surface area contributed by atoms with E-state index in [4.69, 9.17) is 11.6 Å². The van der Waals surface area contributed by atoms with Crippen molar-refractivity contribution in [2.24, 2.45) is 0 Å². The van der Waals surface area contributed by atoms with Crippen LogP contribution in [-0.4, -0.2) is 17.4 Å². The molecule has 11 heavy (non-hydrogen) atoms. The largest absolute Gasteiger partial charge is 0.366 e. The highest BCUT2D eigenvalue weighted by Gasteiger charge is 1.98. The van der Waals surface area contributed by atoms with Crippen molar-refractivity contribution in [1.29, 1.82) is 0 Å². The van der Waals surface area contributed by atoms with Gasteiger partial charge in [0.15, 0.2) is 11.6 Å². The summed E-state index contributed by atoms with van der Waals surface area (Å²) in [5.74, 6) is 0.349. The summed E-state index contributed by atoms with van der Waals surface area (Å²) in [6.07, 6.45) is 1.53. The van der Waals surface area contributed by atoms with Gasteiger partial charge in [0, 0.05) is 18.6 Å². The number of anilines is 1. The lowest BCUT2D eigenvalue weighted by Crippen LogP contribution is -2.05. The van der Waals surface area contributed by atoms with Crippen LogP contribution in [0.15, 0.2) is 18.3 Å². The van der Waals surface area contributed by atoms with Crippen molar-refractivity contribution in [1.82, 2.24) is 4.98 Å². The van der Waals surface area contributed by atoms with E-state index in [1.807, 2.05) is 0 Å². The first kappa shape index (κ1) is 8.27. The van der Waals surface area contributed by atoms with Gasteiger partial charge in [-0.15, -0.1) is 11.6 Å². The van der Waals surface area contributed by atoms with Crippen LogP contribution in [0.4, 0.5) is 10.2 Å². The van der Waals surface area contributed by atoms with E-state index < -0.39 is 0 Å². The summed E-state index contributed by atoms with van der Waals surface area (Å²) in [6, 6.07) is 2.89. The lowest BCUT2D eigenvalue weighted by molar-refractivity contribution is 0.625. The Labute approximate surface area is 69.4 Å². The number of nitrogens with one attached hydrogen (secondary N) is 1. The maximum Gasteiger partial charge on any atom is 0.165 e. The number of alkyl halides is 1. The summed E-state index contributed by atoms with van der Waals surface area (Å²) in [7, 11) is 0. The Kier molecular flexibility index (Phi) is 3.11. The molecule has 1 N–H and O–H groups in total. The predicted octanol–water partition coefficient (Wildman–Crippen LogP) is 1.87. The first-order chi connectivity index (χ1) is 5.34. The van der Waals surface area contributed by atoms with Crippen molar-refractivity contribution in [2.75, 3.05) is 17.7 Å². The molecule has 1 rings (SSSR count). The zero-order chi connectivity index (χ0) is 8.10. The molecule has 0 amide bonds. The fraction of sp³-hybridized carbons (Fsp3) is 0.286. The second kappa shape index (κ2) is 4.13. The Morgan fingerprint density at radius 2 is 2.45 bits per heavy atom. The molecular weight excluding hydrogens is 167 g/mol. The predicted molar refractivity (Wildman–Crippen MR) is 43.4 cm³/mol. The third-order valence-corrected chi connectivity index (χ3v) is 1.33. The minimum atomic E-state index is -0.349. The monoisotopic (exact) mass is 174 g/mol. The van der Waals surface area contributed by atoms with E-state index in [1.165, 1.54) is 12.3 Å². The summed E-state index contributed by atoms with van der Waals surface area (Å²) in [5, 5.41) is 2.74. The smallest absolute Gasteiger partial charge is 0.165 e. The molecular formula is C7H8ClFN2. The van der Waals surface area contributed by atoms with E-state index >= 15 is 0 Å². The molecule has 1 heterocycles. The molecule has 0 bridgehead atoms. The number of halogens is 2. The average molecular weight is 175 g/mol. The van der Waals surface area contributed by atoms with Crippen LogP contribution < -0.4 is 5.32 Å². The summed E-state index contributed by atoms with van der Waals surface area (Å²) < 4.78 is 12.7. The summed E-state index contributed by atoms with van der Waals surface area (Å²) in [6.45, 7) is 0.523. The molecule has 0 atom stereocenters. The van der Waals surface area contributed by atoms with Crippen LogP contribution in [0.1, 0.15) is 0 Å². The van der Waals surface area contributed by atoms with Crippen LogP contribution in [0, 0.1) is 5.82 Å². The van der Waals surface area contributed by atoms with Crippen molar-refractivity contribution >= 4 is 17.4 Å². The maximum absolute atomic E-state index is 12.7. The normalized spacial score (nSPS) is 9.64. The van der Waals surface area contributed by atoms with Gasteiger partial charge in [-0.05, 0) is 12.1 Å². The second-order valence-electron chi connectivity index (χ2n) is 1.95. The molecule has 0 aliphatic heterocycles. The molecule has 0 saturated heterocycles. The minimum absolute atomic E-state index is 0.258. The third-order valence-electron chi connectivity index (χ3n) is 1.15. The van der Waals surface area contributed by atoms with Gasteiger partial charge < -0.3 is 5.32 Å². The van der Waals surface area contributed by atoms with Crippen LogP contribution in [0.25, 0.3) is 0 Å². The molecule has 60 valence electrons. The number of rotatable bonds is 3. The average Bonchev–Trinajstić information content (AvgIpc) is 2.03. The highest BCUT2D eigenvalue weighted by molar-refractivity contribution is 6.18. The molecule has 0 fully saturated rings. The molecule has 1 aromatic heterocycles. The quantitative estimate of drug-likeness (QED) is 0.708. The van der Waals surface area contributed by atoms with Crippen LogP contribution >= 0.6 is 11.6 Å². The van der Waals surface area contributed by atoms with Gasteiger partial charge in [0.25, 0.3) is 0 Å². The van der Waals surface area contributed by atoms with E-state index in [-0.39, 0.29) is 11.6 Å². The van der Waals surface area contributed by atoms with Crippen molar-refractivity contribution in [3.63, 3.8) is 0 Å². The Morgan fingerprint density at radius 3 is 3.09 bits per heavy atom. The molecule has 0 spiro atoms. The zero-order valence-electron chi connectivity index (χ0n) is 5.85. The SMILES string of the molecule is Fc1cccnc1NCCCl. The Balaban J connectivity index is 2.62. The van der Waals surface area contributed by atoms with Gasteiger partial charge in [-0.3, -0.25) is 0 Å². The molecule has 2 nitrogen and oxygen atoms in total. The number of pyridine rings is 1. The fourth-order valence-corrected chi connectivity index (χ4v) is 0.776. The molecule has 0 aliphatic rings.